The van der Waals surface area contributed by atoms with Gasteiger partial charge in [-0.1, -0.05) is 30.3 Å². The maximum absolute atomic E-state index is 13.4. The van der Waals surface area contributed by atoms with E-state index in [4.69, 9.17) is 0 Å². The van der Waals surface area contributed by atoms with Gasteiger partial charge < -0.3 is 0 Å². The molecular formula is C31H34N2O4. The lowest BCUT2D eigenvalue weighted by atomic mass is 9.92. The highest BCUT2D eigenvalue weighted by Crippen LogP contribution is 2.53. The number of Topliss-reactive ketones (excluding diaryl/α,β-unsaturated/α-hetero) is 2. The number of ketones is 2. The third-order valence-corrected chi connectivity index (χ3v) is 9.14. The summed E-state index contributed by atoms with van der Waals surface area (Å²) in [6.45, 7) is 5.59. The molecule has 2 aromatic carbocycles. The highest BCUT2D eigenvalue weighted by Gasteiger charge is 2.45. The van der Waals surface area contributed by atoms with E-state index in [0.29, 0.717) is 23.0 Å². The van der Waals surface area contributed by atoms with Crippen molar-refractivity contribution in [1.29, 1.82) is 0 Å². The minimum absolute atomic E-state index is 0.123. The van der Waals surface area contributed by atoms with Crippen LogP contribution in [0.25, 0.3) is 0 Å². The fourth-order valence-corrected chi connectivity index (χ4v) is 6.47. The highest BCUT2D eigenvalue weighted by atomic mass is 16.2. The number of fused-ring (bicyclic) bond motifs is 1. The summed E-state index contributed by atoms with van der Waals surface area (Å²) in [7, 11) is 0. The number of hydrogen-bond donors (Lipinski definition) is 0. The Morgan fingerprint density at radius 2 is 1.68 bits per heavy atom. The number of piperidine rings is 1. The predicted octanol–water partition coefficient (Wildman–Crippen LogP) is 4.44. The summed E-state index contributed by atoms with van der Waals surface area (Å²) < 4.78 is 0. The summed E-state index contributed by atoms with van der Waals surface area (Å²) in [6, 6.07) is 11.2. The molecule has 1 spiro atoms. The lowest BCUT2D eigenvalue weighted by Gasteiger charge is -2.32. The molecule has 3 fully saturated rings. The van der Waals surface area contributed by atoms with Crippen LogP contribution in [0.5, 0.6) is 0 Å². The molecule has 0 radical (unpaired) electrons. The van der Waals surface area contributed by atoms with Gasteiger partial charge in [0, 0.05) is 13.0 Å². The van der Waals surface area contributed by atoms with Crippen molar-refractivity contribution in [3.05, 3.63) is 69.8 Å². The zero-order chi connectivity index (χ0) is 25.7. The van der Waals surface area contributed by atoms with E-state index >= 15 is 0 Å². The van der Waals surface area contributed by atoms with Gasteiger partial charge in [0.15, 0.2) is 5.78 Å². The molecule has 2 aliphatic carbocycles. The van der Waals surface area contributed by atoms with E-state index in [1.54, 1.807) is 6.07 Å². The van der Waals surface area contributed by atoms with Crippen molar-refractivity contribution in [3.63, 3.8) is 0 Å². The minimum atomic E-state index is -0.831. The summed E-state index contributed by atoms with van der Waals surface area (Å²) in [5.41, 5.74) is 6.21. The number of carbonyl (C=O) groups is 4. The third kappa shape index (κ3) is 4.56. The van der Waals surface area contributed by atoms with Crippen molar-refractivity contribution in [2.75, 3.05) is 13.1 Å². The quantitative estimate of drug-likeness (QED) is 0.435. The molecule has 0 bridgehead atoms. The van der Waals surface area contributed by atoms with Crippen LogP contribution in [0.2, 0.25) is 0 Å². The van der Waals surface area contributed by atoms with E-state index < -0.39 is 17.9 Å². The van der Waals surface area contributed by atoms with Crippen molar-refractivity contribution in [2.45, 2.75) is 77.3 Å². The number of aryl methyl sites for hydroxylation is 3. The van der Waals surface area contributed by atoms with Gasteiger partial charge in [0.05, 0.1) is 23.6 Å². The molecule has 0 aromatic heterocycles. The van der Waals surface area contributed by atoms with E-state index in [0.717, 1.165) is 23.4 Å². The molecule has 2 aliphatic heterocycles. The van der Waals surface area contributed by atoms with Crippen molar-refractivity contribution >= 4 is 23.4 Å². The first-order chi connectivity index (χ1) is 17.8. The molecule has 37 heavy (non-hydrogen) atoms. The maximum atomic E-state index is 13.4. The molecular weight excluding hydrogens is 464 g/mol. The second-order valence-corrected chi connectivity index (χ2v) is 11.6. The van der Waals surface area contributed by atoms with E-state index in [1.165, 1.54) is 55.5 Å². The Morgan fingerprint density at radius 3 is 2.38 bits per heavy atom. The first kappa shape index (κ1) is 24.2. The van der Waals surface area contributed by atoms with Gasteiger partial charge in [-0.15, -0.1) is 0 Å². The molecule has 1 saturated heterocycles. The van der Waals surface area contributed by atoms with Crippen molar-refractivity contribution < 1.29 is 19.2 Å². The van der Waals surface area contributed by atoms with Gasteiger partial charge in [-0.25, -0.2) is 0 Å². The normalized spacial score (nSPS) is 23.2. The van der Waals surface area contributed by atoms with Crippen LogP contribution in [0.1, 0.15) is 87.9 Å². The van der Waals surface area contributed by atoms with Crippen LogP contribution in [0.4, 0.5) is 0 Å². The van der Waals surface area contributed by atoms with Gasteiger partial charge in [0.25, 0.3) is 11.8 Å². The van der Waals surface area contributed by atoms with Crippen LogP contribution in [-0.2, 0) is 29.0 Å². The van der Waals surface area contributed by atoms with Crippen LogP contribution in [0.15, 0.2) is 36.4 Å². The molecule has 2 amide bonds. The van der Waals surface area contributed by atoms with Gasteiger partial charge in [-0.2, -0.15) is 0 Å². The summed E-state index contributed by atoms with van der Waals surface area (Å²) in [5, 5.41) is 0. The average molecular weight is 499 g/mol. The minimum Gasteiger partial charge on any atom is -0.299 e. The summed E-state index contributed by atoms with van der Waals surface area (Å²) in [4.78, 5) is 54.3. The Kier molecular flexibility index (Phi) is 6.10. The molecule has 1 unspecified atom stereocenters. The first-order valence-electron chi connectivity index (χ1n) is 13.7. The van der Waals surface area contributed by atoms with Gasteiger partial charge in [0.2, 0.25) is 0 Å². The third-order valence-electron chi connectivity index (χ3n) is 9.14. The van der Waals surface area contributed by atoms with Gasteiger partial charge in [-0.3, -0.25) is 29.0 Å². The Bertz CT molecular complexity index is 1300. The number of imide groups is 1. The lowest BCUT2D eigenvalue weighted by Crippen LogP contribution is -2.47. The number of hydrogen-bond acceptors (Lipinski definition) is 5. The van der Waals surface area contributed by atoms with Crippen LogP contribution < -0.4 is 0 Å². The zero-order valence-electron chi connectivity index (χ0n) is 21.6. The van der Waals surface area contributed by atoms with Gasteiger partial charge >= 0.3 is 0 Å². The summed E-state index contributed by atoms with van der Waals surface area (Å²) in [5.74, 6) is -1.27. The van der Waals surface area contributed by atoms with Crippen LogP contribution >= 0.6 is 0 Å². The molecule has 2 aromatic rings. The number of benzene rings is 2. The fraction of sp³-hybridized carbons (Fsp3) is 0.484. The Labute approximate surface area is 218 Å². The van der Waals surface area contributed by atoms with Crippen LogP contribution in [0, 0.1) is 12.3 Å². The predicted molar refractivity (Wildman–Crippen MR) is 139 cm³/mol. The van der Waals surface area contributed by atoms with Gasteiger partial charge in [0.1, 0.15) is 5.78 Å². The first-order valence-corrected chi connectivity index (χ1v) is 13.7. The molecule has 2 heterocycles. The molecule has 6 nitrogen and oxygen atoms in total. The Morgan fingerprint density at radius 1 is 0.892 bits per heavy atom. The number of nitrogens with zero attached hydrogens (tertiary/aromatic N) is 2. The number of rotatable bonds is 6. The standard InChI is InChI=1S/C31H34N2O4/c1-20-17-21(6-8-23(20)19-32-15-13-31(11-12-31)14-16-32)5-7-22-3-2-4-25-28(22)30(37)33(29(25)36)26-10-9-24(34)18-27(26)35/h2-4,6,8,17,26H,5,7,9-16,18-19H2,1H3. The SMILES string of the molecule is Cc1cc(CCc2cccc3c2C(=O)N(C2CCC(=O)CC2=O)C3=O)ccc1CN1CCC2(CC1)CC2. The lowest BCUT2D eigenvalue weighted by molar-refractivity contribution is -0.132. The summed E-state index contributed by atoms with van der Waals surface area (Å²) in [6.07, 6.45) is 7.20. The second kappa shape index (κ2) is 9.32. The van der Waals surface area contributed by atoms with Crippen LogP contribution in [-0.4, -0.2) is 52.3 Å². The topological polar surface area (TPSA) is 74.8 Å². The largest absolute Gasteiger partial charge is 0.299 e. The van der Waals surface area contributed by atoms with E-state index in [9.17, 15) is 19.2 Å². The summed E-state index contributed by atoms with van der Waals surface area (Å²) >= 11 is 0. The van der Waals surface area contributed by atoms with Crippen LogP contribution in [0.3, 0.4) is 0 Å². The van der Waals surface area contributed by atoms with Crippen molar-refractivity contribution in [1.82, 2.24) is 9.80 Å². The molecule has 4 aliphatic rings. The second-order valence-electron chi connectivity index (χ2n) is 11.6. The molecule has 2 saturated carbocycles. The number of likely N-dealkylation sites (tertiary alicyclic amines) is 1. The van der Waals surface area contributed by atoms with E-state index in [1.807, 2.05) is 12.1 Å². The molecule has 1 atom stereocenters. The molecule has 192 valence electrons. The monoisotopic (exact) mass is 498 g/mol. The smallest absolute Gasteiger partial charge is 0.262 e. The zero-order valence-corrected chi connectivity index (χ0v) is 21.6. The fourth-order valence-electron chi connectivity index (χ4n) is 6.47. The Hall–Kier alpha value is -3.12. The highest BCUT2D eigenvalue weighted by molar-refractivity contribution is 6.24. The average Bonchev–Trinajstić information content (AvgIpc) is 3.59. The number of amides is 2. The molecule has 6 heteroatoms. The van der Waals surface area contributed by atoms with Crippen molar-refractivity contribution in [2.24, 2.45) is 5.41 Å². The Balaban J connectivity index is 1.13. The van der Waals surface area contributed by atoms with E-state index in [-0.39, 0.29) is 30.8 Å². The molecule has 6 rings (SSSR count). The maximum Gasteiger partial charge on any atom is 0.262 e. The number of carbonyl (C=O) groups excluding carboxylic acids is 4. The van der Waals surface area contributed by atoms with Crippen molar-refractivity contribution in [3.8, 4) is 0 Å². The van der Waals surface area contributed by atoms with E-state index in [2.05, 4.69) is 30.0 Å². The molecule has 0 N–H and O–H groups in total. The van der Waals surface area contributed by atoms with Gasteiger partial charge in [-0.05, 0) is 98.7 Å².